The van der Waals surface area contributed by atoms with Crippen LogP contribution in [0.1, 0.15) is 40.0 Å². The molecule has 20 heavy (non-hydrogen) atoms. The van der Waals surface area contributed by atoms with Gasteiger partial charge in [-0.05, 0) is 25.2 Å². The first-order chi connectivity index (χ1) is 9.37. The second-order valence-corrected chi connectivity index (χ2v) is 6.36. The first-order valence-corrected chi connectivity index (χ1v) is 7.05. The molecular formula is C14H19NO5. The molecular weight excluding hydrogens is 262 g/mol. The van der Waals surface area contributed by atoms with Gasteiger partial charge in [0.05, 0.1) is 5.71 Å². The number of fused-ring (bicyclic) bond motifs is 1. The highest BCUT2D eigenvalue weighted by Crippen LogP contribution is 2.39. The summed E-state index contributed by atoms with van der Waals surface area (Å²) in [6, 6.07) is 0. The summed E-state index contributed by atoms with van der Waals surface area (Å²) in [6.07, 6.45) is 2.23. The van der Waals surface area contributed by atoms with Crippen molar-refractivity contribution in [3.8, 4) is 0 Å². The lowest BCUT2D eigenvalue weighted by Gasteiger charge is -2.36. The maximum Gasteiger partial charge on any atom is 0.327 e. The first-order valence-electron chi connectivity index (χ1n) is 7.05. The number of carbonyl (C=O) groups is 2. The monoisotopic (exact) mass is 281 g/mol. The molecule has 1 aliphatic carbocycles. The fraction of sp³-hybridized carbons (Fsp3) is 0.786. The molecule has 2 heterocycles. The largest absolute Gasteiger partial charge is 0.422 e. The van der Waals surface area contributed by atoms with E-state index in [0.717, 1.165) is 25.0 Å². The normalized spacial score (nSPS) is 36.5. The molecule has 3 unspecified atom stereocenters. The average molecular weight is 281 g/mol. The number of oxime groups is 1. The molecule has 0 N–H and O–H groups in total. The molecule has 110 valence electrons. The number of nitrogens with zero attached hydrogens (tertiary/aromatic N) is 1. The summed E-state index contributed by atoms with van der Waals surface area (Å²) in [7, 11) is 0. The van der Waals surface area contributed by atoms with Crippen LogP contribution in [0.4, 0.5) is 0 Å². The molecule has 3 aliphatic rings. The van der Waals surface area contributed by atoms with E-state index in [9.17, 15) is 9.59 Å². The predicted octanol–water partition coefficient (Wildman–Crippen LogP) is 1.63. The van der Waals surface area contributed by atoms with Crippen LogP contribution in [-0.2, 0) is 23.9 Å². The summed E-state index contributed by atoms with van der Waals surface area (Å²) in [5.74, 6) is -2.83. The minimum absolute atomic E-state index is 0.0186. The predicted molar refractivity (Wildman–Crippen MR) is 68.6 cm³/mol. The van der Waals surface area contributed by atoms with Gasteiger partial charge < -0.3 is 14.3 Å². The molecule has 0 radical (unpaired) electrons. The van der Waals surface area contributed by atoms with E-state index in [1.54, 1.807) is 13.8 Å². The van der Waals surface area contributed by atoms with Crippen molar-refractivity contribution in [1.29, 1.82) is 0 Å². The minimum Gasteiger partial charge on any atom is -0.422 e. The number of ether oxygens (including phenoxy) is 2. The van der Waals surface area contributed by atoms with E-state index >= 15 is 0 Å². The van der Waals surface area contributed by atoms with Crippen LogP contribution in [0.15, 0.2) is 5.16 Å². The number of cyclic esters (lactones) is 2. The molecule has 0 amide bonds. The number of esters is 2. The summed E-state index contributed by atoms with van der Waals surface area (Å²) in [4.78, 5) is 29.6. The van der Waals surface area contributed by atoms with Crippen LogP contribution in [0.5, 0.6) is 0 Å². The van der Waals surface area contributed by atoms with Crippen LogP contribution in [0.2, 0.25) is 0 Å². The standard InChI is InChI=1S/C14H19NO5/c1-7-4-5-9-8(6-7)11(20-15-9)10-12(16)18-14(2,3)19-13(10)17/h7-8,10-11H,4-6H2,1-3H3. The number of rotatable bonds is 1. The van der Waals surface area contributed by atoms with Crippen molar-refractivity contribution < 1.29 is 23.9 Å². The van der Waals surface area contributed by atoms with E-state index in [-0.39, 0.29) is 5.92 Å². The van der Waals surface area contributed by atoms with Gasteiger partial charge in [0.15, 0.2) is 12.0 Å². The zero-order valence-corrected chi connectivity index (χ0v) is 11.9. The Kier molecular flexibility index (Phi) is 2.99. The van der Waals surface area contributed by atoms with Crippen molar-refractivity contribution in [3.05, 3.63) is 0 Å². The molecule has 6 heteroatoms. The van der Waals surface area contributed by atoms with Gasteiger partial charge in [0.1, 0.15) is 0 Å². The van der Waals surface area contributed by atoms with Crippen molar-refractivity contribution in [1.82, 2.24) is 0 Å². The van der Waals surface area contributed by atoms with Gasteiger partial charge in [0.25, 0.3) is 5.79 Å². The summed E-state index contributed by atoms with van der Waals surface area (Å²) in [6.45, 7) is 5.24. The maximum absolute atomic E-state index is 12.1. The third kappa shape index (κ3) is 2.17. The van der Waals surface area contributed by atoms with Gasteiger partial charge >= 0.3 is 11.9 Å². The maximum atomic E-state index is 12.1. The molecule has 0 bridgehead atoms. The molecule has 1 saturated heterocycles. The topological polar surface area (TPSA) is 74.2 Å². The Bertz CT molecular complexity index is 464. The Balaban J connectivity index is 1.80. The smallest absolute Gasteiger partial charge is 0.327 e. The van der Waals surface area contributed by atoms with Gasteiger partial charge in [0.2, 0.25) is 0 Å². The van der Waals surface area contributed by atoms with Crippen LogP contribution in [0, 0.1) is 17.8 Å². The second kappa shape index (κ2) is 4.46. The molecule has 1 saturated carbocycles. The van der Waals surface area contributed by atoms with E-state index < -0.39 is 29.7 Å². The highest BCUT2D eigenvalue weighted by molar-refractivity contribution is 5.99. The average Bonchev–Trinajstić information content (AvgIpc) is 2.70. The van der Waals surface area contributed by atoms with E-state index in [1.807, 2.05) is 0 Å². The Morgan fingerprint density at radius 2 is 1.85 bits per heavy atom. The second-order valence-electron chi connectivity index (χ2n) is 6.36. The Morgan fingerprint density at radius 1 is 1.20 bits per heavy atom. The summed E-state index contributed by atoms with van der Waals surface area (Å²) in [5.41, 5.74) is 0.957. The van der Waals surface area contributed by atoms with Crippen molar-refractivity contribution in [3.63, 3.8) is 0 Å². The molecule has 3 rings (SSSR count). The molecule has 0 aromatic heterocycles. The lowest BCUT2D eigenvalue weighted by molar-refractivity contribution is -0.246. The Labute approximate surface area is 117 Å². The third-order valence-electron chi connectivity index (χ3n) is 4.20. The van der Waals surface area contributed by atoms with Gasteiger partial charge in [0, 0.05) is 19.8 Å². The van der Waals surface area contributed by atoms with Crippen LogP contribution in [0.25, 0.3) is 0 Å². The minimum atomic E-state index is -1.20. The molecule has 0 aromatic rings. The van der Waals surface area contributed by atoms with Crippen LogP contribution >= 0.6 is 0 Å². The molecule has 0 spiro atoms. The molecule has 0 aromatic carbocycles. The lowest BCUT2D eigenvalue weighted by atomic mass is 9.75. The number of carbonyl (C=O) groups excluding carboxylic acids is 2. The Hall–Kier alpha value is -1.59. The number of hydrogen-bond acceptors (Lipinski definition) is 6. The summed E-state index contributed by atoms with van der Waals surface area (Å²) < 4.78 is 10.3. The fourth-order valence-corrected chi connectivity index (χ4v) is 3.20. The zero-order chi connectivity index (χ0) is 14.5. The SMILES string of the molecule is CC1CCC2=NOC(C3C(=O)OC(C)(C)OC3=O)C2C1. The Morgan fingerprint density at radius 3 is 2.50 bits per heavy atom. The van der Waals surface area contributed by atoms with Crippen LogP contribution in [0.3, 0.4) is 0 Å². The zero-order valence-electron chi connectivity index (χ0n) is 11.9. The molecule has 6 nitrogen and oxygen atoms in total. The lowest BCUT2D eigenvalue weighted by Crippen LogP contribution is -2.52. The van der Waals surface area contributed by atoms with E-state index in [2.05, 4.69) is 12.1 Å². The highest BCUT2D eigenvalue weighted by Gasteiger charge is 2.54. The number of hydrogen-bond donors (Lipinski definition) is 0. The van der Waals surface area contributed by atoms with Crippen molar-refractivity contribution in [2.45, 2.75) is 51.9 Å². The van der Waals surface area contributed by atoms with Crippen molar-refractivity contribution in [2.75, 3.05) is 0 Å². The van der Waals surface area contributed by atoms with Gasteiger partial charge in [-0.15, -0.1) is 0 Å². The summed E-state index contributed by atoms with van der Waals surface area (Å²) in [5, 5.41) is 4.06. The van der Waals surface area contributed by atoms with Crippen molar-refractivity contribution >= 4 is 17.7 Å². The van der Waals surface area contributed by atoms with Crippen LogP contribution < -0.4 is 0 Å². The van der Waals surface area contributed by atoms with E-state index in [0.29, 0.717) is 5.92 Å². The molecule has 2 aliphatic heterocycles. The van der Waals surface area contributed by atoms with E-state index in [4.69, 9.17) is 14.3 Å². The molecule has 2 fully saturated rings. The quantitative estimate of drug-likeness (QED) is 0.539. The summed E-state index contributed by atoms with van der Waals surface area (Å²) >= 11 is 0. The fourth-order valence-electron chi connectivity index (χ4n) is 3.20. The van der Waals surface area contributed by atoms with Crippen molar-refractivity contribution in [2.24, 2.45) is 22.9 Å². The van der Waals surface area contributed by atoms with Gasteiger partial charge in [-0.1, -0.05) is 12.1 Å². The highest BCUT2D eigenvalue weighted by atomic mass is 16.7. The van der Waals surface area contributed by atoms with Gasteiger partial charge in [-0.25, -0.2) is 0 Å². The van der Waals surface area contributed by atoms with Gasteiger partial charge in [-0.3, -0.25) is 9.59 Å². The molecule has 3 atom stereocenters. The third-order valence-corrected chi connectivity index (χ3v) is 4.20. The van der Waals surface area contributed by atoms with Gasteiger partial charge in [-0.2, -0.15) is 0 Å². The first kappa shape index (κ1) is 13.4. The van der Waals surface area contributed by atoms with E-state index in [1.165, 1.54) is 0 Å². The van der Waals surface area contributed by atoms with Crippen LogP contribution in [-0.4, -0.2) is 29.5 Å².